The lowest BCUT2D eigenvalue weighted by molar-refractivity contribution is 0.254. The Hall–Kier alpha value is -1.82. The molecule has 2 bridgehead atoms. The second-order valence-electron chi connectivity index (χ2n) is 6.14. The normalized spacial score (nSPS) is 26.3. The zero-order valence-corrected chi connectivity index (χ0v) is 12.7. The van der Waals surface area contributed by atoms with Gasteiger partial charge < -0.3 is 14.6 Å². The molecule has 0 amide bonds. The fourth-order valence-electron chi connectivity index (χ4n) is 3.75. The van der Waals surface area contributed by atoms with E-state index in [-0.39, 0.29) is 0 Å². The minimum absolute atomic E-state index is 0.646. The molecule has 0 radical (unpaired) electrons. The van der Waals surface area contributed by atoms with Crippen molar-refractivity contribution in [3.63, 3.8) is 0 Å². The fraction of sp³-hybridized carbons (Fsp3) is 0.600. The number of anilines is 2. The van der Waals surface area contributed by atoms with E-state index in [0.717, 1.165) is 36.4 Å². The minimum atomic E-state index is 0.646. The molecule has 2 saturated heterocycles. The molecule has 4 heterocycles. The first-order valence-electron chi connectivity index (χ1n) is 7.74. The van der Waals surface area contributed by atoms with Crippen LogP contribution in [-0.2, 0) is 0 Å². The summed E-state index contributed by atoms with van der Waals surface area (Å²) in [6.07, 6.45) is 9.67. The summed E-state index contributed by atoms with van der Waals surface area (Å²) in [6, 6.07) is 1.39. The second kappa shape index (κ2) is 4.87. The van der Waals surface area contributed by atoms with Crippen molar-refractivity contribution in [3.8, 4) is 0 Å². The lowest BCUT2D eigenvalue weighted by Gasteiger charge is -2.27. The van der Waals surface area contributed by atoms with Gasteiger partial charge in [-0.1, -0.05) is 0 Å². The lowest BCUT2D eigenvalue weighted by Crippen LogP contribution is -2.37. The summed E-state index contributed by atoms with van der Waals surface area (Å²) in [5.41, 5.74) is 0.953. The van der Waals surface area contributed by atoms with Crippen LogP contribution in [0.25, 0.3) is 5.65 Å². The Kier molecular flexibility index (Phi) is 2.99. The highest BCUT2D eigenvalue weighted by Gasteiger charge is 2.35. The van der Waals surface area contributed by atoms with E-state index in [1.165, 1.54) is 19.3 Å². The van der Waals surface area contributed by atoms with E-state index in [1.807, 2.05) is 25.6 Å². The number of likely N-dealkylation sites (N-methyl/N-ethyl adjacent to an activating group) is 1. The molecule has 1 N–H and O–H groups in total. The molecular weight excluding hydrogens is 264 g/mol. The zero-order chi connectivity index (χ0) is 14.4. The van der Waals surface area contributed by atoms with Gasteiger partial charge in [-0.2, -0.15) is 0 Å². The maximum Gasteiger partial charge on any atom is 0.180 e. The molecule has 0 aromatic carbocycles. The van der Waals surface area contributed by atoms with E-state index >= 15 is 0 Å². The summed E-state index contributed by atoms with van der Waals surface area (Å²) in [5.74, 6) is 1.89. The predicted molar refractivity (Wildman–Crippen MR) is 83.9 cm³/mol. The number of fused-ring (bicyclic) bond motifs is 3. The highest BCUT2D eigenvalue weighted by atomic mass is 15.3. The summed E-state index contributed by atoms with van der Waals surface area (Å²) >= 11 is 0. The smallest absolute Gasteiger partial charge is 0.180 e. The Morgan fingerprint density at radius 1 is 1.24 bits per heavy atom. The maximum absolute atomic E-state index is 4.78. The molecule has 2 atom stereocenters. The van der Waals surface area contributed by atoms with E-state index in [2.05, 4.69) is 31.5 Å². The largest absolute Gasteiger partial charge is 0.372 e. The Balaban J connectivity index is 1.74. The SMILES string of the molecule is CNc1cn2ccnc2c(N2CCC3CCC(C2)N3C)n1. The number of hydrogen-bond acceptors (Lipinski definition) is 5. The maximum atomic E-state index is 4.78. The van der Waals surface area contributed by atoms with Crippen molar-refractivity contribution in [2.45, 2.75) is 31.3 Å². The molecule has 6 nitrogen and oxygen atoms in total. The van der Waals surface area contributed by atoms with Gasteiger partial charge in [0.1, 0.15) is 5.82 Å². The molecule has 2 fully saturated rings. The minimum Gasteiger partial charge on any atom is -0.372 e. The number of nitrogens with one attached hydrogen (secondary N) is 1. The lowest BCUT2D eigenvalue weighted by atomic mass is 10.1. The Morgan fingerprint density at radius 2 is 2.10 bits per heavy atom. The van der Waals surface area contributed by atoms with Crippen molar-refractivity contribution in [1.82, 2.24) is 19.3 Å². The van der Waals surface area contributed by atoms with Crippen molar-refractivity contribution in [2.24, 2.45) is 0 Å². The van der Waals surface area contributed by atoms with Crippen LogP contribution in [0.1, 0.15) is 19.3 Å². The van der Waals surface area contributed by atoms with Crippen LogP contribution in [0.15, 0.2) is 18.6 Å². The summed E-state index contributed by atoms with van der Waals surface area (Å²) in [4.78, 5) is 14.3. The third-order valence-corrected chi connectivity index (χ3v) is 5.06. The fourth-order valence-corrected chi connectivity index (χ4v) is 3.75. The molecule has 0 aliphatic carbocycles. The van der Waals surface area contributed by atoms with Crippen molar-refractivity contribution in [3.05, 3.63) is 18.6 Å². The first-order valence-corrected chi connectivity index (χ1v) is 7.74. The molecular formula is C15H22N6. The van der Waals surface area contributed by atoms with Crippen molar-refractivity contribution in [2.75, 3.05) is 37.4 Å². The molecule has 112 valence electrons. The van der Waals surface area contributed by atoms with Gasteiger partial charge in [0, 0.05) is 44.6 Å². The second-order valence-corrected chi connectivity index (χ2v) is 6.14. The summed E-state index contributed by atoms with van der Waals surface area (Å²) < 4.78 is 2.06. The Morgan fingerprint density at radius 3 is 2.95 bits per heavy atom. The zero-order valence-electron chi connectivity index (χ0n) is 12.7. The monoisotopic (exact) mass is 286 g/mol. The first kappa shape index (κ1) is 12.9. The third-order valence-electron chi connectivity index (χ3n) is 5.06. The van der Waals surface area contributed by atoms with Crippen molar-refractivity contribution >= 4 is 17.3 Å². The topological polar surface area (TPSA) is 48.7 Å². The van der Waals surface area contributed by atoms with Gasteiger partial charge in [0.05, 0.1) is 6.20 Å². The van der Waals surface area contributed by atoms with Gasteiger partial charge in [0.2, 0.25) is 0 Å². The molecule has 4 rings (SSSR count). The summed E-state index contributed by atoms with van der Waals surface area (Å²) in [5, 5.41) is 3.15. The van der Waals surface area contributed by atoms with Crippen LogP contribution in [-0.4, -0.2) is 58.5 Å². The van der Waals surface area contributed by atoms with Crippen LogP contribution >= 0.6 is 0 Å². The molecule has 0 saturated carbocycles. The summed E-state index contributed by atoms with van der Waals surface area (Å²) in [6.45, 7) is 2.11. The van der Waals surface area contributed by atoms with Gasteiger partial charge in [-0.15, -0.1) is 0 Å². The van der Waals surface area contributed by atoms with Gasteiger partial charge in [0.25, 0.3) is 0 Å². The van der Waals surface area contributed by atoms with Crippen LogP contribution in [0.4, 0.5) is 11.6 Å². The van der Waals surface area contributed by atoms with E-state index in [9.17, 15) is 0 Å². The van der Waals surface area contributed by atoms with Gasteiger partial charge in [-0.3, -0.25) is 4.90 Å². The van der Waals surface area contributed by atoms with Crippen LogP contribution in [0.2, 0.25) is 0 Å². The Labute approximate surface area is 124 Å². The van der Waals surface area contributed by atoms with Gasteiger partial charge in [-0.25, -0.2) is 9.97 Å². The molecule has 21 heavy (non-hydrogen) atoms. The standard InChI is InChI=1S/C15H22N6/c1-16-13-10-21-8-6-17-14(21)15(18-13)20-7-5-11-3-4-12(9-20)19(11)2/h6,8,10-12,16H,3-5,7,9H2,1-2H3. The van der Waals surface area contributed by atoms with E-state index < -0.39 is 0 Å². The highest BCUT2D eigenvalue weighted by Crippen LogP contribution is 2.31. The predicted octanol–water partition coefficient (Wildman–Crippen LogP) is 1.44. The third kappa shape index (κ3) is 2.05. The average Bonchev–Trinajstić information content (AvgIpc) is 3.03. The molecule has 2 aromatic heterocycles. The number of aromatic nitrogens is 3. The van der Waals surface area contributed by atoms with Gasteiger partial charge >= 0.3 is 0 Å². The summed E-state index contributed by atoms with van der Waals surface area (Å²) in [7, 11) is 4.18. The molecule has 0 spiro atoms. The Bertz CT molecular complexity index is 651. The van der Waals surface area contributed by atoms with Crippen LogP contribution in [0.3, 0.4) is 0 Å². The number of imidazole rings is 1. The molecule has 2 unspecified atom stereocenters. The quantitative estimate of drug-likeness (QED) is 0.905. The molecule has 2 aromatic rings. The van der Waals surface area contributed by atoms with E-state index in [0.29, 0.717) is 6.04 Å². The van der Waals surface area contributed by atoms with E-state index in [1.54, 1.807) is 0 Å². The average molecular weight is 286 g/mol. The first-order chi connectivity index (χ1) is 10.3. The van der Waals surface area contributed by atoms with Crippen molar-refractivity contribution in [1.29, 1.82) is 0 Å². The number of rotatable bonds is 2. The van der Waals surface area contributed by atoms with Crippen LogP contribution in [0, 0.1) is 0 Å². The highest BCUT2D eigenvalue weighted by molar-refractivity contribution is 5.67. The van der Waals surface area contributed by atoms with E-state index in [4.69, 9.17) is 4.98 Å². The molecule has 2 aliphatic heterocycles. The van der Waals surface area contributed by atoms with Gasteiger partial charge in [-0.05, 0) is 26.3 Å². The van der Waals surface area contributed by atoms with Crippen LogP contribution < -0.4 is 10.2 Å². The van der Waals surface area contributed by atoms with Crippen molar-refractivity contribution < 1.29 is 0 Å². The number of nitrogens with zero attached hydrogens (tertiary/aromatic N) is 5. The number of hydrogen-bond donors (Lipinski definition) is 1. The van der Waals surface area contributed by atoms with Crippen LogP contribution in [0.5, 0.6) is 0 Å². The molecule has 2 aliphatic rings. The molecule has 6 heteroatoms. The van der Waals surface area contributed by atoms with Gasteiger partial charge in [0.15, 0.2) is 11.5 Å².